The molecule has 0 aromatic heterocycles. The van der Waals surface area contributed by atoms with Crippen LogP contribution in [0.5, 0.6) is 0 Å². The SMILES string of the molecule is C#CC(CCCCCCCC(=O)O)C(=O)O. The van der Waals surface area contributed by atoms with E-state index in [1.807, 2.05) is 0 Å². The highest BCUT2D eigenvalue weighted by molar-refractivity contribution is 5.73. The zero-order valence-electron chi connectivity index (χ0n) is 9.32. The van der Waals surface area contributed by atoms with E-state index in [1.54, 1.807) is 0 Å². The first-order chi connectivity index (χ1) is 7.57. The molecule has 0 spiro atoms. The first-order valence-electron chi connectivity index (χ1n) is 5.48. The van der Waals surface area contributed by atoms with Crippen LogP contribution in [0.3, 0.4) is 0 Å². The minimum Gasteiger partial charge on any atom is -0.481 e. The molecule has 0 aliphatic carbocycles. The van der Waals surface area contributed by atoms with Crippen LogP contribution in [0.15, 0.2) is 0 Å². The average molecular weight is 226 g/mol. The topological polar surface area (TPSA) is 74.6 Å². The van der Waals surface area contributed by atoms with Gasteiger partial charge in [0, 0.05) is 6.42 Å². The molecule has 0 bridgehead atoms. The molecular weight excluding hydrogens is 208 g/mol. The normalized spacial score (nSPS) is 11.7. The largest absolute Gasteiger partial charge is 0.481 e. The van der Waals surface area contributed by atoms with Gasteiger partial charge in [-0.1, -0.05) is 31.6 Å². The molecule has 0 aliphatic heterocycles. The summed E-state index contributed by atoms with van der Waals surface area (Å²) in [4.78, 5) is 20.8. The molecule has 4 heteroatoms. The summed E-state index contributed by atoms with van der Waals surface area (Å²) >= 11 is 0. The molecule has 0 aliphatic rings. The van der Waals surface area contributed by atoms with Crippen molar-refractivity contribution in [2.24, 2.45) is 5.92 Å². The van der Waals surface area contributed by atoms with Crippen molar-refractivity contribution in [3.05, 3.63) is 0 Å². The molecule has 16 heavy (non-hydrogen) atoms. The van der Waals surface area contributed by atoms with E-state index in [1.165, 1.54) is 0 Å². The summed E-state index contributed by atoms with van der Waals surface area (Å²) in [5, 5.41) is 17.1. The Morgan fingerprint density at radius 2 is 1.62 bits per heavy atom. The molecule has 0 radical (unpaired) electrons. The third-order valence-electron chi connectivity index (χ3n) is 2.38. The molecule has 0 aromatic rings. The van der Waals surface area contributed by atoms with Crippen LogP contribution in [0.25, 0.3) is 0 Å². The Balaban J connectivity index is 3.37. The maximum absolute atomic E-state index is 10.6. The Morgan fingerprint density at radius 3 is 2.12 bits per heavy atom. The van der Waals surface area contributed by atoms with Crippen LogP contribution in [-0.4, -0.2) is 22.2 Å². The van der Waals surface area contributed by atoms with Gasteiger partial charge in [-0.3, -0.25) is 9.59 Å². The zero-order chi connectivity index (χ0) is 12.4. The maximum atomic E-state index is 10.6. The summed E-state index contributed by atoms with van der Waals surface area (Å²) in [5.74, 6) is -0.142. The predicted molar refractivity (Wildman–Crippen MR) is 59.9 cm³/mol. The molecule has 0 saturated carbocycles. The molecule has 0 amide bonds. The number of hydrogen-bond donors (Lipinski definition) is 2. The van der Waals surface area contributed by atoms with Crippen molar-refractivity contribution in [3.63, 3.8) is 0 Å². The van der Waals surface area contributed by atoms with Crippen molar-refractivity contribution in [3.8, 4) is 12.3 Å². The number of carbonyl (C=O) groups is 2. The number of carboxylic acid groups (broad SMARTS) is 2. The van der Waals surface area contributed by atoms with Gasteiger partial charge >= 0.3 is 11.9 Å². The fourth-order valence-corrected chi connectivity index (χ4v) is 1.43. The van der Waals surface area contributed by atoms with Gasteiger partial charge in [0.2, 0.25) is 0 Å². The molecule has 0 heterocycles. The molecule has 90 valence electrons. The highest BCUT2D eigenvalue weighted by atomic mass is 16.4. The van der Waals surface area contributed by atoms with Crippen molar-refractivity contribution < 1.29 is 19.8 Å². The van der Waals surface area contributed by atoms with Crippen LogP contribution >= 0.6 is 0 Å². The van der Waals surface area contributed by atoms with Crippen LogP contribution in [0.1, 0.15) is 44.9 Å². The predicted octanol–water partition coefficient (Wildman–Crippen LogP) is 2.14. The number of terminal acetylenes is 1. The van der Waals surface area contributed by atoms with E-state index in [4.69, 9.17) is 16.6 Å². The Morgan fingerprint density at radius 1 is 1.06 bits per heavy atom. The molecule has 0 aromatic carbocycles. The molecule has 2 N–H and O–H groups in total. The van der Waals surface area contributed by atoms with Gasteiger partial charge in [0.1, 0.15) is 5.92 Å². The molecule has 4 nitrogen and oxygen atoms in total. The van der Waals surface area contributed by atoms with E-state index in [0.717, 1.165) is 25.7 Å². The average Bonchev–Trinajstić information content (AvgIpc) is 2.21. The lowest BCUT2D eigenvalue weighted by atomic mass is 10.0. The number of carboxylic acids is 2. The van der Waals surface area contributed by atoms with Crippen molar-refractivity contribution in [2.45, 2.75) is 44.9 Å². The van der Waals surface area contributed by atoms with Gasteiger partial charge in [-0.05, 0) is 12.8 Å². The van der Waals surface area contributed by atoms with Gasteiger partial charge in [-0.2, -0.15) is 0 Å². The van der Waals surface area contributed by atoms with Crippen LogP contribution in [0.2, 0.25) is 0 Å². The van der Waals surface area contributed by atoms with Gasteiger partial charge in [-0.15, -0.1) is 6.42 Å². The molecule has 1 unspecified atom stereocenters. The first-order valence-corrected chi connectivity index (χ1v) is 5.48. The smallest absolute Gasteiger partial charge is 0.318 e. The Kier molecular flexibility index (Phi) is 7.96. The lowest BCUT2D eigenvalue weighted by Gasteiger charge is -2.04. The lowest BCUT2D eigenvalue weighted by molar-refractivity contribution is -0.140. The molecule has 0 saturated heterocycles. The van der Waals surface area contributed by atoms with E-state index in [9.17, 15) is 9.59 Å². The van der Waals surface area contributed by atoms with E-state index in [2.05, 4.69) is 5.92 Å². The lowest BCUT2D eigenvalue weighted by Crippen LogP contribution is -2.10. The fourth-order valence-electron chi connectivity index (χ4n) is 1.43. The summed E-state index contributed by atoms with van der Waals surface area (Å²) in [5.41, 5.74) is 0. The van der Waals surface area contributed by atoms with E-state index >= 15 is 0 Å². The van der Waals surface area contributed by atoms with E-state index in [-0.39, 0.29) is 6.42 Å². The van der Waals surface area contributed by atoms with Crippen LogP contribution < -0.4 is 0 Å². The van der Waals surface area contributed by atoms with Crippen molar-refractivity contribution >= 4 is 11.9 Å². The van der Waals surface area contributed by atoms with Gasteiger partial charge in [0.05, 0.1) is 0 Å². The highest BCUT2D eigenvalue weighted by Gasteiger charge is 2.12. The van der Waals surface area contributed by atoms with Gasteiger partial charge < -0.3 is 10.2 Å². The monoisotopic (exact) mass is 226 g/mol. The second-order valence-corrected chi connectivity index (χ2v) is 3.76. The van der Waals surface area contributed by atoms with Crippen LogP contribution in [0, 0.1) is 18.3 Å². The van der Waals surface area contributed by atoms with Gasteiger partial charge in [0.15, 0.2) is 0 Å². The molecular formula is C12H18O4. The number of hydrogen-bond acceptors (Lipinski definition) is 2. The minimum absolute atomic E-state index is 0.210. The first kappa shape index (κ1) is 14.5. The number of rotatable bonds is 9. The van der Waals surface area contributed by atoms with E-state index < -0.39 is 17.9 Å². The van der Waals surface area contributed by atoms with Gasteiger partial charge in [-0.25, -0.2) is 0 Å². The second-order valence-electron chi connectivity index (χ2n) is 3.76. The van der Waals surface area contributed by atoms with Crippen molar-refractivity contribution in [1.82, 2.24) is 0 Å². The Bertz CT molecular complexity index is 265. The summed E-state index contributed by atoms with van der Waals surface area (Å²) in [7, 11) is 0. The fraction of sp³-hybridized carbons (Fsp3) is 0.667. The third kappa shape index (κ3) is 7.86. The summed E-state index contributed by atoms with van der Waals surface area (Å²) in [6.45, 7) is 0. The second kappa shape index (κ2) is 8.78. The van der Waals surface area contributed by atoms with Crippen LogP contribution in [0.4, 0.5) is 0 Å². The van der Waals surface area contributed by atoms with Crippen LogP contribution in [-0.2, 0) is 9.59 Å². The van der Waals surface area contributed by atoms with E-state index in [0.29, 0.717) is 12.8 Å². The highest BCUT2D eigenvalue weighted by Crippen LogP contribution is 2.12. The quantitative estimate of drug-likeness (QED) is 0.466. The minimum atomic E-state index is -0.937. The van der Waals surface area contributed by atoms with Crippen molar-refractivity contribution in [1.29, 1.82) is 0 Å². The summed E-state index contributed by atoms with van der Waals surface area (Å²) < 4.78 is 0. The zero-order valence-corrected chi connectivity index (χ0v) is 9.32. The summed E-state index contributed by atoms with van der Waals surface area (Å²) in [6.07, 6.45) is 9.98. The Labute approximate surface area is 95.7 Å². The summed E-state index contributed by atoms with van der Waals surface area (Å²) in [6, 6.07) is 0. The standard InChI is InChI=1S/C12H18O4/c1-2-10(12(15)16)8-6-4-3-5-7-9-11(13)14/h1,10H,3-9H2,(H,13,14)(H,15,16). The number of aliphatic carboxylic acids is 2. The number of unbranched alkanes of at least 4 members (excludes halogenated alkanes) is 4. The Hall–Kier alpha value is -1.50. The third-order valence-corrected chi connectivity index (χ3v) is 2.38. The maximum Gasteiger partial charge on any atom is 0.318 e. The molecule has 0 fully saturated rings. The molecule has 0 rings (SSSR count). The van der Waals surface area contributed by atoms with Gasteiger partial charge in [0.25, 0.3) is 0 Å². The van der Waals surface area contributed by atoms with Crippen molar-refractivity contribution in [2.75, 3.05) is 0 Å². The molecule has 1 atom stereocenters.